The van der Waals surface area contributed by atoms with Crippen LogP contribution in [0.25, 0.3) is 0 Å². The fourth-order valence-corrected chi connectivity index (χ4v) is 1.91. The van der Waals surface area contributed by atoms with Gasteiger partial charge in [0.05, 0.1) is 12.0 Å². The lowest BCUT2D eigenvalue weighted by Gasteiger charge is -2.08. The summed E-state index contributed by atoms with van der Waals surface area (Å²) in [5.74, 6) is -1.14. The Morgan fingerprint density at radius 1 is 1.00 bits per heavy atom. The van der Waals surface area contributed by atoms with E-state index in [0.29, 0.717) is 17.7 Å². The van der Waals surface area contributed by atoms with Crippen molar-refractivity contribution in [3.05, 3.63) is 65.7 Å². The normalized spacial score (nSPS) is 11.3. The van der Waals surface area contributed by atoms with Crippen molar-refractivity contribution in [1.29, 1.82) is 5.26 Å². The first-order chi connectivity index (χ1) is 10.6. The highest BCUT2D eigenvalue weighted by Crippen LogP contribution is 2.13. The number of hydrogen-bond acceptors (Lipinski definition) is 4. The summed E-state index contributed by atoms with van der Waals surface area (Å²) < 4.78 is 0. The van der Waals surface area contributed by atoms with Crippen LogP contribution >= 0.6 is 0 Å². The van der Waals surface area contributed by atoms with E-state index in [1.807, 2.05) is 6.92 Å². The number of anilines is 1. The molecule has 0 saturated carbocycles. The van der Waals surface area contributed by atoms with Gasteiger partial charge in [0, 0.05) is 23.4 Å². The summed E-state index contributed by atoms with van der Waals surface area (Å²) in [6.07, 6.45) is 0. The lowest BCUT2D eigenvalue weighted by molar-refractivity contribution is 0.0817. The van der Waals surface area contributed by atoms with Crippen LogP contribution in [0, 0.1) is 17.2 Å². The number of carbonyl (C=O) groups excluding carboxylic acids is 2. The molecule has 0 bridgehead atoms. The van der Waals surface area contributed by atoms with E-state index < -0.39 is 11.6 Å². The van der Waals surface area contributed by atoms with Crippen LogP contribution in [0.15, 0.2) is 54.6 Å². The Hall–Kier alpha value is -2.93. The highest BCUT2D eigenvalue weighted by Gasteiger charge is 2.17. The summed E-state index contributed by atoms with van der Waals surface area (Å²) in [5.41, 5.74) is 1.55. The molecule has 2 aromatic carbocycles. The second kappa shape index (κ2) is 7.19. The van der Waals surface area contributed by atoms with Crippen molar-refractivity contribution in [3.8, 4) is 6.07 Å². The van der Waals surface area contributed by atoms with Crippen molar-refractivity contribution in [2.75, 3.05) is 11.9 Å². The van der Waals surface area contributed by atoms with Gasteiger partial charge in [0.1, 0.15) is 0 Å². The zero-order valence-electron chi connectivity index (χ0n) is 12.2. The molecule has 0 aromatic heterocycles. The van der Waals surface area contributed by atoms with E-state index in [1.54, 1.807) is 54.6 Å². The summed E-state index contributed by atoms with van der Waals surface area (Å²) in [7, 11) is 0. The van der Waals surface area contributed by atoms with E-state index in [0.717, 1.165) is 5.69 Å². The van der Waals surface area contributed by atoms with Crippen LogP contribution < -0.4 is 5.32 Å². The molecule has 1 unspecified atom stereocenters. The molecule has 1 atom stereocenters. The molecule has 0 aliphatic heterocycles. The lowest BCUT2D eigenvalue weighted by atomic mass is 10.0. The van der Waals surface area contributed by atoms with Gasteiger partial charge in [-0.2, -0.15) is 5.26 Å². The fourth-order valence-electron chi connectivity index (χ4n) is 1.91. The molecule has 4 nitrogen and oxygen atoms in total. The zero-order chi connectivity index (χ0) is 15.9. The Bertz CT molecular complexity index is 700. The van der Waals surface area contributed by atoms with E-state index in [1.165, 1.54) is 0 Å². The van der Waals surface area contributed by atoms with Crippen LogP contribution in [-0.4, -0.2) is 18.1 Å². The average Bonchev–Trinajstić information content (AvgIpc) is 2.59. The maximum absolute atomic E-state index is 12.2. The van der Waals surface area contributed by atoms with Gasteiger partial charge in [0.15, 0.2) is 0 Å². The van der Waals surface area contributed by atoms with Gasteiger partial charge in [-0.1, -0.05) is 30.3 Å². The second-order valence-electron chi connectivity index (χ2n) is 5.01. The number of carbonyl (C=O) groups is 2. The van der Waals surface area contributed by atoms with Gasteiger partial charge in [-0.15, -0.1) is 0 Å². The van der Waals surface area contributed by atoms with Crippen LogP contribution in [0.4, 0.5) is 5.69 Å². The highest BCUT2D eigenvalue weighted by atomic mass is 16.2. The molecule has 0 fully saturated rings. The van der Waals surface area contributed by atoms with Gasteiger partial charge in [-0.25, -0.2) is 0 Å². The van der Waals surface area contributed by atoms with Crippen molar-refractivity contribution in [1.82, 2.24) is 0 Å². The number of benzene rings is 2. The monoisotopic (exact) mass is 292 g/mol. The minimum atomic E-state index is -0.525. The Labute approximate surface area is 129 Å². The smallest absolute Gasteiger partial charge is 0.233 e. The fraction of sp³-hybridized carbons (Fsp3) is 0.167. The Kier molecular flexibility index (Phi) is 5.05. The van der Waals surface area contributed by atoms with Gasteiger partial charge in [0.25, 0.3) is 0 Å². The molecule has 0 amide bonds. The molecule has 0 radical (unpaired) electrons. The summed E-state index contributed by atoms with van der Waals surface area (Å²) in [6, 6.07) is 17.3. The second-order valence-corrected chi connectivity index (χ2v) is 5.01. The molecule has 1 N–H and O–H groups in total. The first-order valence-corrected chi connectivity index (χ1v) is 6.99. The zero-order valence-corrected chi connectivity index (χ0v) is 12.2. The number of nitrogens with zero attached hydrogens (tertiary/aromatic N) is 1. The highest BCUT2D eigenvalue weighted by molar-refractivity contribution is 6.49. The molecule has 22 heavy (non-hydrogen) atoms. The standard InChI is InChI=1S/C18H16N2O2/c1-13(11-19)12-20-16-9-7-15(8-10-16)18(22)17(21)14-5-3-2-4-6-14/h2-10,13,20H,12H2,1H3. The molecule has 2 aromatic rings. The molecule has 0 spiro atoms. The van der Waals surface area contributed by atoms with Gasteiger partial charge < -0.3 is 5.32 Å². The molecule has 0 saturated heterocycles. The lowest BCUT2D eigenvalue weighted by Crippen LogP contribution is -2.14. The SMILES string of the molecule is CC(C#N)CNc1ccc(C(=O)C(=O)c2ccccc2)cc1. The first-order valence-electron chi connectivity index (χ1n) is 6.99. The number of nitrogens with one attached hydrogen (secondary N) is 1. The van der Waals surface area contributed by atoms with E-state index in [9.17, 15) is 9.59 Å². The molecule has 0 aliphatic rings. The minimum Gasteiger partial charge on any atom is -0.384 e. The average molecular weight is 292 g/mol. The summed E-state index contributed by atoms with van der Waals surface area (Å²) in [5, 5.41) is 11.8. The van der Waals surface area contributed by atoms with Gasteiger partial charge >= 0.3 is 0 Å². The molecule has 0 aliphatic carbocycles. The Morgan fingerprint density at radius 3 is 2.09 bits per heavy atom. The largest absolute Gasteiger partial charge is 0.384 e. The Balaban J connectivity index is 2.05. The topological polar surface area (TPSA) is 70.0 Å². The quantitative estimate of drug-likeness (QED) is 0.655. The van der Waals surface area contributed by atoms with Crippen molar-refractivity contribution >= 4 is 17.3 Å². The maximum Gasteiger partial charge on any atom is 0.233 e. The van der Waals surface area contributed by atoms with Crippen LogP contribution in [-0.2, 0) is 0 Å². The van der Waals surface area contributed by atoms with Crippen molar-refractivity contribution < 1.29 is 9.59 Å². The molecule has 110 valence electrons. The van der Waals surface area contributed by atoms with Gasteiger partial charge in [-0.05, 0) is 31.2 Å². The Morgan fingerprint density at radius 2 is 1.55 bits per heavy atom. The third kappa shape index (κ3) is 3.80. The molecule has 2 rings (SSSR count). The van der Waals surface area contributed by atoms with E-state index in [2.05, 4.69) is 11.4 Å². The molecular formula is C18H16N2O2. The van der Waals surface area contributed by atoms with Crippen LogP contribution in [0.5, 0.6) is 0 Å². The molecule has 4 heteroatoms. The third-order valence-corrected chi connectivity index (χ3v) is 3.22. The van der Waals surface area contributed by atoms with Crippen molar-refractivity contribution in [2.45, 2.75) is 6.92 Å². The number of hydrogen-bond donors (Lipinski definition) is 1. The number of rotatable bonds is 6. The van der Waals surface area contributed by atoms with E-state index >= 15 is 0 Å². The van der Waals surface area contributed by atoms with Crippen molar-refractivity contribution in [3.63, 3.8) is 0 Å². The number of ketones is 2. The summed E-state index contributed by atoms with van der Waals surface area (Å²) in [4.78, 5) is 24.2. The maximum atomic E-state index is 12.2. The predicted molar refractivity (Wildman–Crippen MR) is 84.8 cm³/mol. The minimum absolute atomic E-state index is 0.0963. The van der Waals surface area contributed by atoms with Crippen LogP contribution in [0.1, 0.15) is 27.6 Å². The molecular weight excluding hydrogens is 276 g/mol. The molecule has 0 heterocycles. The van der Waals surface area contributed by atoms with Gasteiger partial charge in [-0.3, -0.25) is 9.59 Å². The van der Waals surface area contributed by atoms with Gasteiger partial charge in [0.2, 0.25) is 11.6 Å². The summed E-state index contributed by atoms with van der Waals surface area (Å²) >= 11 is 0. The van der Waals surface area contributed by atoms with Crippen LogP contribution in [0.3, 0.4) is 0 Å². The van der Waals surface area contributed by atoms with Crippen molar-refractivity contribution in [2.24, 2.45) is 5.92 Å². The van der Waals surface area contributed by atoms with E-state index in [4.69, 9.17) is 5.26 Å². The predicted octanol–water partition coefficient (Wildman–Crippen LogP) is 3.32. The third-order valence-electron chi connectivity index (χ3n) is 3.22. The number of nitriles is 1. The van der Waals surface area contributed by atoms with E-state index in [-0.39, 0.29) is 5.92 Å². The summed E-state index contributed by atoms with van der Waals surface area (Å²) in [6.45, 7) is 2.36. The number of Topliss-reactive ketones (excluding diaryl/α,β-unsaturated/α-hetero) is 2. The first kappa shape index (κ1) is 15.5. The van der Waals surface area contributed by atoms with Crippen LogP contribution in [0.2, 0.25) is 0 Å².